The zero-order valence-corrected chi connectivity index (χ0v) is 9.55. The monoisotopic (exact) mass is 261 g/mol. The first-order valence-electron chi connectivity index (χ1n) is 5.31. The molecule has 0 atom stereocenters. The first-order chi connectivity index (χ1) is 8.34. The smallest absolute Gasteiger partial charge is 0.397 e. The lowest BCUT2D eigenvalue weighted by atomic mass is 10.1. The lowest BCUT2D eigenvalue weighted by molar-refractivity contribution is -0.137. The number of halogens is 3. The summed E-state index contributed by atoms with van der Waals surface area (Å²) in [6, 6.07) is 2.79. The summed E-state index contributed by atoms with van der Waals surface area (Å²) in [5.41, 5.74) is 9.93. The van der Waals surface area contributed by atoms with Gasteiger partial charge in [0.25, 0.3) is 0 Å². The summed E-state index contributed by atoms with van der Waals surface area (Å²) < 4.78 is 37.4. The Morgan fingerprint density at radius 2 is 2.00 bits per heavy atom. The van der Waals surface area contributed by atoms with Gasteiger partial charge in [0, 0.05) is 6.42 Å². The Labute approximate surface area is 102 Å². The molecule has 1 aromatic rings. The highest BCUT2D eigenvalue weighted by atomic mass is 19.4. The third-order valence-corrected chi connectivity index (χ3v) is 2.26. The lowest BCUT2D eigenvalue weighted by Gasteiger charge is -2.12. The molecule has 0 aliphatic carbocycles. The highest BCUT2D eigenvalue weighted by Crippen LogP contribution is 2.33. The molecule has 0 unspecified atom stereocenters. The molecule has 0 bridgehead atoms. The van der Waals surface area contributed by atoms with Crippen LogP contribution in [0.2, 0.25) is 0 Å². The fourth-order valence-electron chi connectivity index (χ4n) is 1.32. The molecule has 18 heavy (non-hydrogen) atoms. The Morgan fingerprint density at radius 1 is 1.33 bits per heavy atom. The Morgan fingerprint density at radius 3 is 2.56 bits per heavy atom. The predicted octanol–water partition coefficient (Wildman–Crippen LogP) is 1.96. The van der Waals surface area contributed by atoms with E-state index in [0.717, 1.165) is 18.2 Å². The zero-order chi connectivity index (χ0) is 13.8. The Bertz CT molecular complexity index is 432. The molecular weight excluding hydrogens is 247 g/mol. The Hall–Kier alpha value is -1.76. The second-order valence-corrected chi connectivity index (χ2v) is 3.74. The molecule has 1 aromatic carbocycles. The summed E-state index contributed by atoms with van der Waals surface area (Å²) in [6.07, 6.45) is -3.86. The van der Waals surface area contributed by atoms with E-state index in [1.54, 1.807) is 0 Å². The number of nitrogens with one attached hydrogen (secondary N) is 1. The van der Waals surface area contributed by atoms with E-state index in [1.165, 1.54) is 0 Å². The molecule has 0 heterocycles. The van der Waals surface area contributed by atoms with Gasteiger partial charge in [-0.3, -0.25) is 4.79 Å². The third kappa shape index (κ3) is 3.92. The van der Waals surface area contributed by atoms with Crippen LogP contribution in [0.4, 0.5) is 24.5 Å². The molecule has 0 spiro atoms. The zero-order valence-electron chi connectivity index (χ0n) is 9.55. The average Bonchev–Trinajstić information content (AvgIpc) is 2.28. The Balaban J connectivity index is 2.85. The molecule has 0 saturated heterocycles. The van der Waals surface area contributed by atoms with Crippen molar-refractivity contribution >= 4 is 17.3 Å². The SMILES string of the molecule is NCCCC(=O)Nc1cc(C(F)(F)F)ccc1N. The second-order valence-electron chi connectivity index (χ2n) is 3.74. The Kier molecular flexibility index (Phi) is 4.55. The van der Waals surface area contributed by atoms with Crippen LogP contribution in [0.1, 0.15) is 18.4 Å². The number of anilines is 2. The van der Waals surface area contributed by atoms with Crippen molar-refractivity contribution in [2.24, 2.45) is 5.73 Å². The maximum atomic E-state index is 12.5. The summed E-state index contributed by atoms with van der Waals surface area (Å²) in [6.45, 7) is 0.339. The number of hydrogen-bond donors (Lipinski definition) is 3. The van der Waals surface area contributed by atoms with E-state index in [2.05, 4.69) is 5.32 Å². The minimum atomic E-state index is -4.47. The minimum absolute atomic E-state index is 0.0353. The summed E-state index contributed by atoms with van der Waals surface area (Å²) >= 11 is 0. The van der Waals surface area contributed by atoms with Crippen LogP contribution < -0.4 is 16.8 Å². The van der Waals surface area contributed by atoms with Gasteiger partial charge in [-0.15, -0.1) is 0 Å². The molecule has 7 heteroatoms. The van der Waals surface area contributed by atoms with Gasteiger partial charge in [0.15, 0.2) is 0 Å². The first kappa shape index (κ1) is 14.3. The molecule has 0 aliphatic rings. The molecule has 100 valence electrons. The van der Waals surface area contributed by atoms with Gasteiger partial charge in [-0.05, 0) is 31.2 Å². The van der Waals surface area contributed by atoms with Gasteiger partial charge < -0.3 is 16.8 Å². The van der Waals surface area contributed by atoms with Crippen LogP contribution in [0.5, 0.6) is 0 Å². The van der Waals surface area contributed by atoms with Crippen molar-refractivity contribution in [3.8, 4) is 0 Å². The van der Waals surface area contributed by atoms with Crippen molar-refractivity contribution in [2.75, 3.05) is 17.6 Å². The van der Waals surface area contributed by atoms with Crippen molar-refractivity contribution in [1.82, 2.24) is 0 Å². The van der Waals surface area contributed by atoms with Crippen LogP contribution in [0, 0.1) is 0 Å². The number of carbonyl (C=O) groups excluding carboxylic acids is 1. The number of carbonyl (C=O) groups is 1. The van der Waals surface area contributed by atoms with Crippen LogP contribution in [-0.4, -0.2) is 12.5 Å². The molecule has 1 rings (SSSR count). The topological polar surface area (TPSA) is 81.1 Å². The number of hydrogen-bond acceptors (Lipinski definition) is 3. The molecule has 1 amide bonds. The van der Waals surface area contributed by atoms with Gasteiger partial charge in [-0.25, -0.2) is 0 Å². The fourth-order valence-corrected chi connectivity index (χ4v) is 1.32. The summed E-state index contributed by atoms with van der Waals surface area (Å²) in [7, 11) is 0. The van der Waals surface area contributed by atoms with E-state index in [1.807, 2.05) is 0 Å². The van der Waals surface area contributed by atoms with Crippen molar-refractivity contribution in [2.45, 2.75) is 19.0 Å². The number of amides is 1. The van der Waals surface area contributed by atoms with Gasteiger partial charge in [0.2, 0.25) is 5.91 Å². The second kappa shape index (κ2) is 5.72. The fraction of sp³-hybridized carbons (Fsp3) is 0.364. The van der Waals surface area contributed by atoms with Gasteiger partial charge in [-0.1, -0.05) is 0 Å². The van der Waals surface area contributed by atoms with Crippen LogP contribution in [0.15, 0.2) is 18.2 Å². The summed E-state index contributed by atoms with van der Waals surface area (Å²) in [5.74, 6) is -0.411. The van der Waals surface area contributed by atoms with E-state index < -0.39 is 17.6 Å². The largest absolute Gasteiger partial charge is 0.416 e. The van der Waals surface area contributed by atoms with E-state index in [0.29, 0.717) is 13.0 Å². The quantitative estimate of drug-likeness (QED) is 0.725. The maximum absolute atomic E-state index is 12.5. The van der Waals surface area contributed by atoms with Gasteiger partial charge in [0.05, 0.1) is 16.9 Å². The lowest BCUT2D eigenvalue weighted by Crippen LogP contribution is -2.15. The molecule has 0 aromatic heterocycles. The minimum Gasteiger partial charge on any atom is -0.397 e. The number of nitrogens with two attached hydrogens (primary N) is 2. The van der Waals surface area contributed by atoms with E-state index >= 15 is 0 Å². The van der Waals surface area contributed by atoms with Crippen molar-refractivity contribution in [3.63, 3.8) is 0 Å². The molecule has 0 saturated carbocycles. The summed E-state index contributed by atoms with van der Waals surface area (Å²) in [5, 5.41) is 2.34. The van der Waals surface area contributed by atoms with Gasteiger partial charge in [0.1, 0.15) is 0 Å². The van der Waals surface area contributed by atoms with Gasteiger partial charge in [-0.2, -0.15) is 13.2 Å². The summed E-state index contributed by atoms with van der Waals surface area (Å²) in [4.78, 5) is 11.4. The van der Waals surface area contributed by atoms with Crippen LogP contribution in [0.25, 0.3) is 0 Å². The molecule has 5 N–H and O–H groups in total. The molecule has 0 fully saturated rings. The normalized spacial score (nSPS) is 11.3. The molecule has 0 radical (unpaired) electrons. The van der Waals surface area contributed by atoms with Crippen molar-refractivity contribution in [3.05, 3.63) is 23.8 Å². The van der Waals surface area contributed by atoms with Crippen molar-refractivity contribution in [1.29, 1.82) is 0 Å². The van der Waals surface area contributed by atoms with Crippen LogP contribution in [0.3, 0.4) is 0 Å². The average molecular weight is 261 g/mol. The standard InChI is InChI=1S/C11H14F3N3O/c12-11(13,14)7-3-4-8(16)9(6-7)17-10(18)2-1-5-15/h3-4,6H,1-2,5,15-16H2,(H,17,18). The predicted molar refractivity (Wildman–Crippen MR) is 62.8 cm³/mol. The van der Waals surface area contributed by atoms with E-state index in [9.17, 15) is 18.0 Å². The highest BCUT2D eigenvalue weighted by molar-refractivity contribution is 5.93. The first-order valence-corrected chi connectivity index (χ1v) is 5.31. The van der Waals surface area contributed by atoms with Crippen LogP contribution in [-0.2, 0) is 11.0 Å². The molecule has 4 nitrogen and oxygen atoms in total. The number of rotatable bonds is 4. The van der Waals surface area contributed by atoms with Crippen molar-refractivity contribution < 1.29 is 18.0 Å². The molecular formula is C11H14F3N3O. The van der Waals surface area contributed by atoms with E-state index in [-0.39, 0.29) is 17.8 Å². The maximum Gasteiger partial charge on any atom is 0.416 e. The van der Waals surface area contributed by atoms with E-state index in [4.69, 9.17) is 11.5 Å². The number of nitrogen functional groups attached to an aromatic ring is 1. The number of benzene rings is 1. The molecule has 0 aliphatic heterocycles. The van der Waals surface area contributed by atoms with Crippen LogP contribution >= 0.6 is 0 Å². The van der Waals surface area contributed by atoms with Gasteiger partial charge >= 0.3 is 6.18 Å². The third-order valence-electron chi connectivity index (χ3n) is 2.26. The number of alkyl halides is 3. The highest BCUT2D eigenvalue weighted by Gasteiger charge is 2.31.